The number of carbonyl (C=O) groups excluding carboxylic acids is 4. The van der Waals surface area contributed by atoms with Gasteiger partial charge in [-0.05, 0) is 152 Å². The van der Waals surface area contributed by atoms with Crippen LogP contribution in [0.5, 0.6) is 0 Å². The number of hydrogen-bond donors (Lipinski definition) is 4. The first-order valence-electron chi connectivity index (χ1n) is 55.5. The summed E-state index contributed by atoms with van der Waals surface area (Å²) in [6.07, 6.45) is 87.9. The molecule has 0 unspecified atom stereocenters. The maximum atomic E-state index is 12.5. The van der Waals surface area contributed by atoms with Crippen LogP contribution in [0.3, 0.4) is 0 Å². The molecule has 0 heterocycles. The van der Waals surface area contributed by atoms with Gasteiger partial charge in [0.05, 0.1) is 75.5 Å². The summed E-state index contributed by atoms with van der Waals surface area (Å²) in [5, 5.41) is 0. The number of unbranched alkanes of at least 4 members (excludes halogenated alkanes) is 53. The van der Waals surface area contributed by atoms with Gasteiger partial charge in [-0.25, -0.2) is 0 Å². The summed E-state index contributed by atoms with van der Waals surface area (Å²) in [4.78, 5) is 74.3. The Balaban J connectivity index is 5.46. The Morgan fingerprint density at radius 3 is 0.515 bits per heavy atom. The van der Waals surface area contributed by atoms with E-state index < -0.39 is 0 Å². The van der Waals surface area contributed by atoms with Crippen molar-refractivity contribution in [1.82, 2.24) is 9.80 Å². The second kappa shape index (κ2) is 108. The van der Waals surface area contributed by atoms with E-state index in [-0.39, 0.29) is 23.9 Å². The van der Waals surface area contributed by atoms with Crippen LogP contribution in [0.1, 0.15) is 503 Å². The van der Waals surface area contributed by atoms with Gasteiger partial charge in [-0.1, -0.05) is 362 Å². The molecule has 18 nitrogen and oxygen atoms in total. The number of hydrogen-bond acceptors (Lipinski definition) is 18. The zero-order valence-corrected chi connectivity index (χ0v) is 89.0. The molecule has 0 saturated carbocycles. The highest BCUT2D eigenvalue weighted by Gasteiger charge is 2.13. The normalized spacial score (nSPS) is 12.3. The van der Waals surface area contributed by atoms with Crippen LogP contribution in [-0.4, -0.2) is 195 Å². The highest BCUT2D eigenvalue weighted by atomic mass is 32.2. The summed E-state index contributed by atoms with van der Waals surface area (Å²) >= 11 is 7.17. The fourth-order valence-corrected chi connectivity index (χ4v) is 19.9. The van der Waals surface area contributed by atoms with Crippen molar-refractivity contribution in [1.29, 1.82) is 0 Å². The first-order valence-corrected chi connectivity index (χ1v) is 60.1. The van der Waals surface area contributed by atoms with Gasteiger partial charge in [-0.15, -0.1) is 0 Å². The molecule has 0 atom stereocenters. The molecule has 0 saturated heterocycles. The SMILES string of the molecule is CCCCCCCCCCCCCCCCOC(=O)CCSCCCC(N)=NCCCN(CCCCN(CCCN=C(N)CCCSCCC(=O)OCCCCCCCCCCCCCCCC)CCCN=C(N)CCCSCCC(=O)OCCCCCCCCCCCCCCCC)CCCN=C(N)CCCSCCC(=O)OCCCCCCCCCCCCCCCC. The van der Waals surface area contributed by atoms with Crippen LogP contribution in [0.2, 0.25) is 0 Å². The Labute approximate surface area is 820 Å². The highest BCUT2D eigenvalue weighted by molar-refractivity contribution is 7.99. The number of amidine groups is 4. The molecule has 0 aliphatic heterocycles. The van der Waals surface area contributed by atoms with Gasteiger partial charge in [-0.2, -0.15) is 47.0 Å². The summed E-state index contributed by atoms with van der Waals surface area (Å²) in [5.74, 6) is 9.30. The number of nitrogens with two attached hydrogens (primary N) is 4. The topological polar surface area (TPSA) is 265 Å². The van der Waals surface area contributed by atoms with Crippen molar-refractivity contribution in [3.63, 3.8) is 0 Å². The lowest BCUT2D eigenvalue weighted by atomic mass is 10.0. The Hall–Kier alpha value is -2.92. The Morgan fingerprint density at radius 2 is 0.346 bits per heavy atom. The summed E-state index contributed by atoms with van der Waals surface area (Å²) in [6.45, 7) is 19.7. The molecular weight excluding hydrogens is 1690 g/mol. The molecule has 22 heteroatoms. The largest absolute Gasteiger partial charge is 0.466 e. The smallest absolute Gasteiger partial charge is 0.306 e. The van der Waals surface area contributed by atoms with E-state index in [4.69, 9.17) is 61.9 Å². The van der Waals surface area contributed by atoms with E-state index in [0.717, 1.165) is 227 Å². The molecule has 0 fully saturated rings. The minimum atomic E-state index is -0.0833. The molecule has 0 rings (SSSR count). The van der Waals surface area contributed by atoms with Crippen LogP contribution >= 0.6 is 47.0 Å². The predicted octanol–water partition coefficient (Wildman–Crippen LogP) is 29.1. The average Bonchev–Trinajstić information content (AvgIpc) is 0.963. The molecule has 0 spiro atoms. The Bertz CT molecular complexity index is 2200. The number of nitrogens with zero attached hydrogens (tertiary/aromatic N) is 6. The molecule has 0 aromatic carbocycles. The summed E-state index contributed by atoms with van der Waals surface area (Å²) in [5.41, 5.74) is 26.0. The summed E-state index contributed by atoms with van der Waals surface area (Å²) in [6, 6.07) is 0. The zero-order valence-electron chi connectivity index (χ0n) is 85.8. The average molecular weight is 1910 g/mol. The Kier molecular flexibility index (Phi) is 106. The third-order valence-corrected chi connectivity index (χ3v) is 29.0. The molecule has 0 radical (unpaired) electrons. The van der Waals surface area contributed by atoms with E-state index >= 15 is 0 Å². The van der Waals surface area contributed by atoms with Gasteiger partial charge in [-0.3, -0.25) is 39.1 Å². The molecule has 0 aromatic rings. The van der Waals surface area contributed by atoms with E-state index in [9.17, 15) is 19.2 Å². The Morgan fingerprint density at radius 1 is 0.192 bits per heavy atom. The van der Waals surface area contributed by atoms with Gasteiger partial charge in [0.1, 0.15) is 0 Å². The number of rotatable bonds is 109. The third kappa shape index (κ3) is 104. The van der Waals surface area contributed by atoms with Crippen molar-refractivity contribution in [2.75, 3.05) is 138 Å². The third-order valence-electron chi connectivity index (χ3n) is 24.7. The van der Waals surface area contributed by atoms with Gasteiger partial charge in [0, 0.05) is 74.9 Å². The lowest BCUT2D eigenvalue weighted by Gasteiger charge is -2.24. The van der Waals surface area contributed by atoms with E-state index in [1.165, 1.54) is 308 Å². The van der Waals surface area contributed by atoms with Crippen LogP contribution in [-0.2, 0) is 38.1 Å². The molecule has 8 N–H and O–H groups in total. The molecular formula is C108H212N10O8S4. The lowest BCUT2D eigenvalue weighted by molar-refractivity contribution is -0.144. The predicted molar refractivity (Wildman–Crippen MR) is 576 cm³/mol. The maximum absolute atomic E-state index is 12.5. The number of ether oxygens (including phenoxy) is 4. The fraction of sp³-hybridized carbons (Fsp3) is 0.926. The molecule has 0 amide bonds. The lowest BCUT2D eigenvalue weighted by Crippen LogP contribution is -2.31. The van der Waals surface area contributed by atoms with Crippen LogP contribution < -0.4 is 22.9 Å². The summed E-state index contributed by atoms with van der Waals surface area (Å²) in [7, 11) is 0. The molecule has 0 aliphatic carbocycles. The monoisotopic (exact) mass is 1910 g/mol. The quantitative estimate of drug-likeness (QED) is 0.0145. The minimum absolute atomic E-state index is 0.0833. The van der Waals surface area contributed by atoms with Gasteiger partial charge in [0.15, 0.2) is 0 Å². The van der Waals surface area contributed by atoms with Crippen molar-refractivity contribution in [3.05, 3.63) is 0 Å². The molecule has 0 aliphatic rings. The summed E-state index contributed by atoms with van der Waals surface area (Å²) < 4.78 is 22.3. The number of thioether (sulfide) groups is 4. The van der Waals surface area contributed by atoms with Crippen LogP contribution in [0, 0.1) is 0 Å². The maximum Gasteiger partial charge on any atom is 0.306 e. The van der Waals surface area contributed by atoms with Crippen molar-refractivity contribution in [2.24, 2.45) is 42.9 Å². The van der Waals surface area contributed by atoms with Crippen molar-refractivity contribution >= 4 is 94.3 Å². The van der Waals surface area contributed by atoms with Crippen molar-refractivity contribution in [2.45, 2.75) is 503 Å². The number of carbonyl (C=O) groups is 4. The van der Waals surface area contributed by atoms with E-state index in [1.54, 1.807) is 47.0 Å². The minimum Gasteiger partial charge on any atom is -0.466 e. The van der Waals surface area contributed by atoms with Gasteiger partial charge < -0.3 is 51.7 Å². The van der Waals surface area contributed by atoms with Crippen molar-refractivity contribution < 1.29 is 38.1 Å². The van der Waals surface area contributed by atoms with Crippen LogP contribution in [0.4, 0.5) is 0 Å². The van der Waals surface area contributed by atoms with Crippen molar-refractivity contribution in [3.8, 4) is 0 Å². The number of aliphatic imine (C=N–C) groups is 4. The first kappa shape index (κ1) is 127. The van der Waals surface area contributed by atoms with E-state index in [1.807, 2.05) is 0 Å². The zero-order chi connectivity index (χ0) is 94.1. The molecule has 130 heavy (non-hydrogen) atoms. The molecule has 766 valence electrons. The van der Waals surface area contributed by atoms with Crippen LogP contribution in [0.15, 0.2) is 20.0 Å². The second-order valence-electron chi connectivity index (χ2n) is 37.4. The fourth-order valence-electron chi connectivity index (χ4n) is 16.4. The van der Waals surface area contributed by atoms with Crippen LogP contribution in [0.25, 0.3) is 0 Å². The van der Waals surface area contributed by atoms with E-state index in [2.05, 4.69) is 37.5 Å². The standard InChI is InChI=1S/C108H212N10O8S4/c1-5-9-13-17-21-25-29-33-37-41-45-49-53-59-89-123-105(119)75-97-127-93-63-71-101(109)113-79-67-85-117(86-68-80-114-102(110)72-64-94-128-98-76-106(120)124-90-60-54-50-46-42-38-34-30-26-22-18-14-10-6-2)83-57-58-84-118(87-69-81-115-103(111)73-65-95-129-99-77-107(121)125-91-61-55-51-47-43-39-35-31-27-23-19-15-11-7-3)88-70-82-116-104(112)74-66-96-130-100-78-108(122)126-92-62-56-52-48-44-40-36-32-28-24-20-16-12-8-4/h5-100H2,1-4H3,(H2,109,113)(H2,110,114)(H2,111,115)(H2,112,116). The first-order chi connectivity index (χ1) is 63.9. The molecule has 0 bridgehead atoms. The van der Waals surface area contributed by atoms with Gasteiger partial charge >= 0.3 is 23.9 Å². The molecule has 0 aromatic heterocycles. The number of esters is 4. The van der Waals surface area contributed by atoms with Gasteiger partial charge in [0.25, 0.3) is 0 Å². The van der Waals surface area contributed by atoms with Gasteiger partial charge in [0.2, 0.25) is 0 Å². The second-order valence-corrected chi connectivity index (χ2v) is 42.3. The van der Waals surface area contributed by atoms with E-state index in [0.29, 0.717) is 102 Å². The highest BCUT2D eigenvalue weighted by Crippen LogP contribution is 2.21.